The highest BCUT2D eigenvalue weighted by molar-refractivity contribution is 5.03. The predicted octanol–water partition coefficient (Wildman–Crippen LogP) is 3.22. The van der Waals surface area contributed by atoms with Crippen LogP contribution in [0.4, 0.5) is 0 Å². The lowest BCUT2D eigenvalue weighted by Gasteiger charge is -2.60. The first kappa shape index (κ1) is 10.5. The Morgan fingerprint density at radius 1 is 1.36 bits per heavy atom. The highest BCUT2D eigenvalue weighted by atomic mass is 16.3. The van der Waals surface area contributed by atoms with Crippen LogP contribution >= 0.6 is 0 Å². The SMILES string of the molecule is CC(O)CCC1CCC2CC1C2(C)C. The van der Waals surface area contributed by atoms with Crippen LogP contribution in [0.3, 0.4) is 0 Å². The molecule has 0 heterocycles. The van der Waals surface area contributed by atoms with E-state index in [9.17, 15) is 5.11 Å². The van der Waals surface area contributed by atoms with E-state index < -0.39 is 0 Å². The highest BCUT2D eigenvalue weighted by Crippen LogP contribution is 2.62. The van der Waals surface area contributed by atoms with Crippen LogP contribution in [0, 0.1) is 23.2 Å². The molecule has 0 spiro atoms. The van der Waals surface area contributed by atoms with Crippen molar-refractivity contribution >= 4 is 0 Å². The molecule has 0 aromatic heterocycles. The van der Waals surface area contributed by atoms with Gasteiger partial charge >= 0.3 is 0 Å². The lowest BCUT2D eigenvalue weighted by molar-refractivity contribution is -0.108. The minimum Gasteiger partial charge on any atom is -0.393 e. The molecule has 3 rings (SSSR count). The van der Waals surface area contributed by atoms with Crippen molar-refractivity contribution in [1.29, 1.82) is 0 Å². The zero-order valence-corrected chi connectivity index (χ0v) is 9.79. The number of hydrogen-bond acceptors (Lipinski definition) is 1. The predicted molar refractivity (Wildman–Crippen MR) is 59.0 cm³/mol. The standard InChI is InChI=1S/C13H24O/c1-9(14)4-5-10-6-7-11-8-12(10)13(11,2)3/h9-12,14H,4-8H2,1-3H3. The van der Waals surface area contributed by atoms with E-state index in [1.165, 1.54) is 25.7 Å². The zero-order chi connectivity index (χ0) is 10.3. The number of rotatable bonds is 3. The molecule has 1 N–H and O–H groups in total. The van der Waals surface area contributed by atoms with E-state index >= 15 is 0 Å². The van der Waals surface area contributed by atoms with Crippen LogP contribution in [0.1, 0.15) is 52.9 Å². The summed E-state index contributed by atoms with van der Waals surface area (Å²) in [5.41, 5.74) is 0.613. The van der Waals surface area contributed by atoms with E-state index in [1.54, 1.807) is 0 Å². The van der Waals surface area contributed by atoms with Crippen LogP contribution in [-0.4, -0.2) is 11.2 Å². The number of hydrogen-bond donors (Lipinski definition) is 1. The molecule has 0 amide bonds. The Bertz CT molecular complexity index is 205. The molecule has 14 heavy (non-hydrogen) atoms. The van der Waals surface area contributed by atoms with Gasteiger partial charge in [0, 0.05) is 0 Å². The fourth-order valence-corrected chi connectivity index (χ4v) is 3.76. The summed E-state index contributed by atoms with van der Waals surface area (Å²) in [5, 5.41) is 9.31. The molecule has 4 unspecified atom stereocenters. The maximum absolute atomic E-state index is 9.31. The molecule has 3 saturated carbocycles. The smallest absolute Gasteiger partial charge is 0.0512 e. The van der Waals surface area contributed by atoms with Gasteiger partial charge in [0.15, 0.2) is 0 Å². The van der Waals surface area contributed by atoms with Crippen molar-refractivity contribution in [2.24, 2.45) is 23.2 Å². The monoisotopic (exact) mass is 196 g/mol. The maximum Gasteiger partial charge on any atom is 0.0512 e. The van der Waals surface area contributed by atoms with Crippen molar-refractivity contribution in [3.05, 3.63) is 0 Å². The van der Waals surface area contributed by atoms with Gasteiger partial charge in [0.05, 0.1) is 6.10 Å². The van der Waals surface area contributed by atoms with Crippen LogP contribution < -0.4 is 0 Å². The van der Waals surface area contributed by atoms with Gasteiger partial charge in [0.25, 0.3) is 0 Å². The Hall–Kier alpha value is -0.0400. The third-order valence-electron chi connectivity index (χ3n) is 4.96. The molecule has 4 atom stereocenters. The average Bonchev–Trinajstić information content (AvgIpc) is 2.14. The Labute approximate surface area is 87.9 Å². The molecule has 0 radical (unpaired) electrons. The van der Waals surface area contributed by atoms with Crippen LogP contribution in [0.5, 0.6) is 0 Å². The molecule has 1 heteroatoms. The second kappa shape index (κ2) is 3.52. The second-order valence-corrected chi connectivity index (χ2v) is 6.12. The summed E-state index contributed by atoms with van der Waals surface area (Å²) in [5.74, 6) is 2.87. The van der Waals surface area contributed by atoms with E-state index in [0.717, 1.165) is 24.2 Å². The first-order valence-corrected chi connectivity index (χ1v) is 6.20. The molecule has 82 valence electrons. The van der Waals surface area contributed by atoms with E-state index in [-0.39, 0.29) is 6.10 Å². The fraction of sp³-hybridized carbons (Fsp3) is 1.00. The van der Waals surface area contributed by atoms with Crippen molar-refractivity contribution in [3.8, 4) is 0 Å². The van der Waals surface area contributed by atoms with Gasteiger partial charge in [-0.2, -0.15) is 0 Å². The molecule has 3 aliphatic carbocycles. The van der Waals surface area contributed by atoms with Gasteiger partial charge in [0.1, 0.15) is 0 Å². The minimum absolute atomic E-state index is 0.101. The highest BCUT2D eigenvalue weighted by Gasteiger charge is 2.53. The van der Waals surface area contributed by atoms with Gasteiger partial charge in [-0.05, 0) is 62.2 Å². The van der Waals surface area contributed by atoms with Gasteiger partial charge in [-0.1, -0.05) is 13.8 Å². The Balaban J connectivity index is 1.88. The van der Waals surface area contributed by atoms with Crippen molar-refractivity contribution < 1.29 is 5.11 Å². The Morgan fingerprint density at radius 3 is 2.57 bits per heavy atom. The van der Waals surface area contributed by atoms with Crippen molar-refractivity contribution in [2.45, 2.75) is 59.0 Å². The fourth-order valence-electron chi connectivity index (χ4n) is 3.76. The van der Waals surface area contributed by atoms with E-state index in [4.69, 9.17) is 0 Å². The quantitative estimate of drug-likeness (QED) is 0.735. The minimum atomic E-state index is -0.101. The van der Waals surface area contributed by atoms with Gasteiger partial charge in [-0.25, -0.2) is 0 Å². The molecule has 0 aromatic rings. The molecule has 3 fully saturated rings. The molecule has 3 aliphatic rings. The lowest BCUT2D eigenvalue weighted by atomic mass is 9.45. The molecular weight excluding hydrogens is 172 g/mol. The van der Waals surface area contributed by atoms with Crippen LogP contribution in [0.2, 0.25) is 0 Å². The van der Waals surface area contributed by atoms with Gasteiger partial charge in [-0.3, -0.25) is 0 Å². The van der Waals surface area contributed by atoms with Crippen molar-refractivity contribution in [2.75, 3.05) is 0 Å². The van der Waals surface area contributed by atoms with Gasteiger partial charge in [-0.15, -0.1) is 0 Å². The van der Waals surface area contributed by atoms with Crippen molar-refractivity contribution in [3.63, 3.8) is 0 Å². The summed E-state index contributed by atoms with van der Waals surface area (Å²) >= 11 is 0. The molecule has 0 saturated heterocycles. The van der Waals surface area contributed by atoms with Crippen LogP contribution in [0.25, 0.3) is 0 Å². The van der Waals surface area contributed by atoms with Gasteiger partial charge in [0.2, 0.25) is 0 Å². The summed E-state index contributed by atoms with van der Waals surface area (Å²) in [7, 11) is 0. The van der Waals surface area contributed by atoms with Crippen LogP contribution in [-0.2, 0) is 0 Å². The Morgan fingerprint density at radius 2 is 2.07 bits per heavy atom. The number of fused-ring (bicyclic) bond motifs is 2. The maximum atomic E-state index is 9.31. The number of aliphatic hydroxyl groups excluding tert-OH is 1. The van der Waals surface area contributed by atoms with E-state index in [1.807, 2.05) is 6.92 Å². The third kappa shape index (κ3) is 1.60. The summed E-state index contributed by atoms with van der Waals surface area (Å²) in [6.45, 7) is 6.80. The number of aliphatic hydroxyl groups is 1. The normalized spacial score (nSPS) is 41.6. The largest absolute Gasteiger partial charge is 0.393 e. The van der Waals surface area contributed by atoms with E-state index in [2.05, 4.69) is 13.8 Å². The first-order valence-electron chi connectivity index (χ1n) is 6.20. The summed E-state index contributed by atoms with van der Waals surface area (Å²) in [4.78, 5) is 0. The summed E-state index contributed by atoms with van der Waals surface area (Å²) in [6.07, 6.45) is 6.48. The van der Waals surface area contributed by atoms with Crippen LogP contribution in [0.15, 0.2) is 0 Å². The first-order chi connectivity index (χ1) is 6.51. The molecule has 0 aromatic carbocycles. The van der Waals surface area contributed by atoms with Gasteiger partial charge < -0.3 is 5.11 Å². The summed E-state index contributed by atoms with van der Waals surface area (Å²) in [6, 6.07) is 0. The third-order valence-corrected chi connectivity index (χ3v) is 4.96. The average molecular weight is 196 g/mol. The lowest BCUT2D eigenvalue weighted by Crippen LogP contribution is -2.52. The Kier molecular flexibility index (Phi) is 2.63. The molecule has 2 bridgehead atoms. The molecular formula is C13H24O. The second-order valence-electron chi connectivity index (χ2n) is 6.12. The zero-order valence-electron chi connectivity index (χ0n) is 9.79. The topological polar surface area (TPSA) is 20.2 Å². The van der Waals surface area contributed by atoms with Crippen molar-refractivity contribution in [1.82, 2.24) is 0 Å². The van der Waals surface area contributed by atoms with E-state index in [0.29, 0.717) is 5.41 Å². The molecule has 0 aliphatic heterocycles. The summed E-state index contributed by atoms with van der Waals surface area (Å²) < 4.78 is 0. The molecule has 1 nitrogen and oxygen atoms in total.